The summed E-state index contributed by atoms with van der Waals surface area (Å²) in [5.41, 5.74) is 3.92. The molecule has 4 heterocycles. The number of pyridine rings is 1. The number of nitrogens with zero attached hydrogens (tertiary/aromatic N) is 5. The van der Waals surface area contributed by atoms with E-state index in [-0.39, 0.29) is 5.91 Å². The number of carbonyl (C=O) groups excluding carboxylic acids is 1. The summed E-state index contributed by atoms with van der Waals surface area (Å²) in [6, 6.07) is 5.90. The lowest BCUT2D eigenvalue weighted by atomic mass is 10.1. The molecule has 10 nitrogen and oxygen atoms in total. The maximum Gasteiger partial charge on any atom is 0.286 e. The van der Waals surface area contributed by atoms with Gasteiger partial charge in [0.1, 0.15) is 0 Å². The van der Waals surface area contributed by atoms with Crippen molar-refractivity contribution < 1.29 is 14.3 Å². The molecule has 172 valence electrons. The standard InChI is InChI=1S/C22H25N7O3S/c1-31-18-9-14-12-29(13-15(14)10-19(18)32-2)22-27-26-21(33-22)20(30)25-16-11-24-4-3-17(16)28-7-5-23-6-8-28/h3-4,9-11,23H,5-8,12-13H2,1-2H3,(H,25,30). The minimum absolute atomic E-state index is 0.289. The van der Waals surface area contributed by atoms with E-state index in [1.807, 2.05) is 18.2 Å². The summed E-state index contributed by atoms with van der Waals surface area (Å²) in [6.45, 7) is 4.90. The van der Waals surface area contributed by atoms with Gasteiger partial charge in [0, 0.05) is 45.5 Å². The minimum atomic E-state index is -0.289. The second-order valence-corrected chi connectivity index (χ2v) is 8.76. The van der Waals surface area contributed by atoms with Gasteiger partial charge in [0.05, 0.1) is 31.8 Å². The van der Waals surface area contributed by atoms with Crippen LogP contribution in [0.3, 0.4) is 0 Å². The van der Waals surface area contributed by atoms with E-state index in [4.69, 9.17) is 9.47 Å². The Morgan fingerprint density at radius 2 is 1.76 bits per heavy atom. The second kappa shape index (κ2) is 9.20. The molecule has 2 aliphatic rings. The highest BCUT2D eigenvalue weighted by molar-refractivity contribution is 7.17. The van der Waals surface area contributed by atoms with E-state index in [2.05, 4.69) is 35.6 Å². The molecule has 0 radical (unpaired) electrons. The Balaban J connectivity index is 1.30. The maximum atomic E-state index is 12.9. The summed E-state index contributed by atoms with van der Waals surface area (Å²) in [7, 11) is 3.25. The van der Waals surface area contributed by atoms with E-state index in [1.54, 1.807) is 26.6 Å². The number of nitrogens with one attached hydrogen (secondary N) is 2. The van der Waals surface area contributed by atoms with Gasteiger partial charge in [0.25, 0.3) is 5.91 Å². The van der Waals surface area contributed by atoms with Gasteiger partial charge in [-0.3, -0.25) is 9.78 Å². The third-order valence-electron chi connectivity index (χ3n) is 5.81. The van der Waals surface area contributed by atoms with Gasteiger partial charge >= 0.3 is 0 Å². The van der Waals surface area contributed by atoms with Gasteiger partial charge in [-0.1, -0.05) is 11.3 Å². The molecule has 1 fully saturated rings. The van der Waals surface area contributed by atoms with E-state index < -0.39 is 0 Å². The van der Waals surface area contributed by atoms with Gasteiger partial charge < -0.3 is 29.9 Å². The molecule has 2 aromatic heterocycles. The van der Waals surface area contributed by atoms with Crippen LogP contribution in [0.25, 0.3) is 0 Å². The van der Waals surface area contributed by atoms with E-state index in [1.165, 1.54) is 11.3 Å². The zero-order chi connectivity index (χ0) is 22.8. The number of piperazine rings is 1. The molecule has 3 aromatic rings. The normalized spacial score (nSPS) is 15.3. The lowest BCUT2D eigenvalue weighted by Gasteiger charge is -2.30. The number of amides is 1. The highest BCUT2D eigenvalue weighted by Gasteiger charge is 2.26. The van der Waals surface area contributed by atoms with Crippen molar-refractivity contribution in [3.05, 3.63) is 46.7 Å². The molecule has 1 aromatic carbocycles. The van der Waals surface area contributed by atoms with Crippen LogP contribution >= 0.6 is 11.3 Å². The van der Waals surface area contributed by atoms with Crippen LogP contribution in [0.2, 0.25) is 0 Å². The topological polar surface area (TPSA) is 105 Å². The first-order valence-corrected chi connectivity index (χ1v) is 11.5. The van der Waals surface area contributed by atoms with Crippen molar-refractivity contribution in [2.75, 3.05) is 55.5 Å². The Morgan fingerprint density at radius 1 is 1.06 bits per heavy atom. The zero-order valence-corrected chi connectivity index (χ0v) is 19.3. The smallest absolute Gasteiger partial charge is 0.286 e. The summed E-state index contributed by atoms with van der Waals surface area (Å²) < 4.78 is 10.8. The number of rotatable bonds is 6. The molecule has 1 saturated heterocycles. The SMILES string of the molecule is COc1cc2c(cc1OC)CN(c1nnc(C(=O)Nc3cnccc3N3CCNCC3)s1)C2. The van der Waals surface area contributed by atoms with Crippen molar-refractivity contribution in [2.24, 2.45) is 0 Å². The van der Waals surface area contributed by atoms with Gasteiger partial charge in [0.15, 0.2) is 11.5 Å². The number of fused-ring (bicyclic) bond motifs is 1. The Labute approximate surface area is 195 Å². The number of benzene rings is 1. The summed E-state index contributed by atoms with van der Waals surface area (Å²) in [6.07, 6.45) is 3.42. The van der Waals surface area contributed by atoms with E-state index in [9.17, 15) is 4.79 Å². The molecule has 33 heavy (non-hydrogen) atoms. The van der Waals surface area contributed by atoms with Crippen molar-refractivity contribution in [3.8, 4) is 11.5 Å². The lowest BCUT2D eigenvalue weighted by Crippen LogP contribution is -2.43. The number of methoxy groups -OCH3 is 2. The number of aromatic nitrogens is 3. The number of anilines is 3. The van der Waals surface area contributed by atoms with Crippen LogP contribution in [0.5, 0.6) is 11.5 Å². The van der Waals surface area contributed by atoms with E-state index in [0.29, 0.717) is 40.4 Å². The van der Waals surface area contributed by atoms with Gasteiger partial charge in [-0.05, 0) is 29.3 Å². The van der Waals surface area contributed by atoms with E-state index >= 15 is 0 Å². The molecule has 0 atom stereocenters. The number of hydrogen-bond donors (Lipinski definition) is 2. The Bertz CT molecular complexity index is 1130. The van der Waals surface area contributed by atoms with Gasteiger partial charge in [-0.15, -0.1) is 10.2 Å². The minimum Gasteiger partial charge on any atom is -0.493 e. The van der Waals surface area contributed by atoms with Crippen molar-refractivity contribution in [1.82, 2.24) is 20.5 Å². The first-order valence-electron chi connectivity index (χ1n) is 10.7. The molecule has 0 unspecified atom stereocenters. The Kier molecular flexibility index (Phi) is 5.97. The van der Waals surface area contributed by atoms with Crippen molar-refractivity contribution in [3.63, 3.8) is 0 Å². The van der Waals surface area contributed by atoms with E-state index in [0.717, 1.165) is 43.0 Å². The fourth-order valence-corrected chi connectivity index (χ4v) is 4.87. The van der Waals surface area contributed by atoms with Crippen LogP contribution < -0.4 is 29.9 Å². The van der Waals surface area contributed by atoms with Crippen molar-refractivity contribution in [2.45, 2.75) is 13.1 Å². The lowest BCUT2D eigenvalue weighted by molar-refractivity contribution is 0.102. The third-order valence-corrected chi connectivity index (χ3v) is 6.79. The quantitative estimate of drug-likeness (QED) is 0.564. The highest BCUT2D eigenvalue weighted by Crippen LogP contribution is 2.37. The van der Waals surface area contributed by atoms with Crippen LogP contribution in [0, 0.1) is 0 Å². The van der Waals surface area contributed by atoms with Crippen molar-refractivity contribution in [1.29, 1.82) is 0 Å². The van der Waals surface area contributed by atoms with Crippen LogP contribution in [0.15, 0.2) is 30.6 Å². The molecule has 2 N–H and O–H groups in total. The molecule has 5 rings (SSSR count). The molecule has 0 aliphatic carbocycles. The van der Waals surface area contributed by atoms with Gasteiger partial charge in [-0.2, -0.15) is 0 Å². The molecule has 0 spiro atoms. The predicted molar refractivity (Wildman–Crippen MR) is 127 cm³/mol. The molecular weight excluding hydrogens is 442 g/mol. The zero-order valence-electron chi connectivity index (χ0n) is 18.5. The monoisotopic (exact) mass is 467 g/mol. The second-order valence-electron chi connectivity index (χ2n) is 7.81. The molecule has 1 amide bonds. The average molecular weight is 468 g/mol. The highest BCUT2D eigenvalue weighted by atomic mass is 32.1. The first kappa shape index (κ1) is 21.4. The predicted octanol–water partition coefficient (Wildman–Crippen LogP) is 2.13. The number of hydrogen-bond acceptors (Lipinski definition) is 10. The third kappa shape index (κ3) is 4.29. The Morgan fingerprint density at radius 3 is 2.42 bits per heavy atom. The van der Waals surface area contributed by atoms with Gasteiger partial charge in [-0.25, -0.2) is 0 Å². The summed E-state index contributed by atoms with van der Waals surface area (Å²) in [5.74, 6) is 1.11. The van der Waals surface area contributed by atoms with Crippen molar-refractivity contribution >= 4 is 33.8 Å². The Hall–Kier alpha value is -3.44. The van der Waals surface area contributed by atoms with Crippen LogP contribution in [0.1, 0.15) is 20.9 Å². The molecular formula is C22H25N7O3S. The van der Waals surface area contributed by atoms with Crippen LogP contribution in [0.4, 0.5) is 16.5 Å². The van der Waals surface area contributed by atoms with Crippen LogP contribution in [-0.2, 0) is 13.1 Å². The fourth-order valence-electron chi connectivity index (χ4n) is 4.14. The number of carbonyl (C=O) groups is 1. The van der Waals surface area contributed by atoms with Crippen LogP contribution in [-0.4, -0.2) is 61.5 Å². The summed E-state index contributed by atoms with van der Waals surface area (Å²) in [5, 5.41) is 15.7. The largest absolute Gasteiger partial charge is 0.493 e. The summed E-state index contributed by atoms with van der Waals surface area (Å²) in [4.78, 5) is 21.5. The number of ether oxygens (including phenoxy) is 2. The average Bonchev–Trinajstić information content (AvgIpc) is 3.51. The molecule has 0 bridgehead atoms. The first-order chi connectivity index (χ1) is 16.2. The van der Waals surface area contributed by atoms with Gasteiger partial charge in [0.2, 0.25) is 10.1 Å². The molecule has 0 saturated carbocycles. The molecule has 11 heteroatoms. The maximum absolute atomic E-state index is 12.9. The summed E-state index contributed by atoms with van der Waals surface area (Å²) >= 11 is 1.27. The fraction of sp³-hybridized carbons (Fsp3) is 0.364. The molecule has 2 aliphatic heterocycles.